The van der Waals surface area contributed by atoms with Crippen LogP contribution in [-0.4, -0.2) is 25.0 Å². The van der Waals surface area contributed by atoms with Gasteiger partial charge >= 0.3 is 0 Å². The van der Waals surface area contributed by atoms with Gasteiger partial charge in [0.25, 0.3) is 5.91 Å². The van der Waals surface area contributed by atoms with Crippen LogP contribution in [0.4, 0.5) is 0 Å². The quantitative estimate of drug-likeness (QED) is 0.606. The molecule has 1 aromatic rings. The number of nitrogens with one attached hydrogen (secondary N) is 1. The van der Waals surface area contributed by atoms with Crippen molar-refractivity contribution < 1.29 is 4.79 Å². The number of unbranched alkanes of at least 4 members (excludes halogenated alkanes) is 2. The van der Waals surface area contributed by atoms with E-state index in [1.807, 2.05) is 24.3 Å². The SMILES string of the molecule is CCCCCc1ccc(C(=O)NN(C)C)cc1. The minimum Gasteiger partial charge on any atom is -0.285 e. The molecule has 0 saturated heterocycles. The van der Waals surface area contributed by atoms with Crippen LogP contribution in [0.1, 0.15) is 42.1 Å². The van der Waals surface area contributed by atoms with Gasteiger partial charge in [-0.25, -0.2) is 5.01 Å². The maximum Gasteiger partial charge on any atom is 0.265 e. The van der Waals surface area contributed by atoms with Crippen molar-refractivity contribution >= 4 is 5.91 Å². The second-order valence-electron chi connectivity index (χ2n) is 4.49. The summed E-state index contributed by atoms with van der Waals surface area (Å²) in [7, 11) is 3.61. The van der Waals surface area contributed by atoms with Gasteiger partial charge in [-0.1, -0.05) is 31.9 Å². The number of hydrogen-bond donors (Lipinski definition) is 1. The van der Waals surface area contributed by atoms with E-state index < -0.39 is 0 Å². The van der Waals surface area contributed by atoms with Crippen molar-refractivity contribution in [3.05, 3.63) is 35.4 Å². The molecule has 0 aliphatic carbocycles. The Balaban J connectivity index is 2.52. The highest BCUT2D eigenvalue weighted by molar-refractivity contribution is 5.93. The number of aryl methyl sites for hydroxylation is 1. The predicted molar refractivity (Wildman–Crippen MR) is 70.8 cm³/mol. The molecule has 1 N–H and O–H groups in total. The molecule has 0 aromatic heterocycles. The van der Waals surface area contributed by atoms with Crippen molar-refractivity contribution in [2.24, 2.45) is 0 Å². The van der Waals surface area contributed by atoms with E-state index in [1.54, 1.807) is 19.1 Å². The molecule has 0 aliphatic heterocycles. The number of amides is 1. The van der Waals surface area contributed by atoms with Crippen LogP contribution in [0.3, 0.4) is 0 Å². The number of carbonyl (C=O) groups excluding carboxylic acids is 1. The maximum absolute atomic E-state index is 11.7. The number of benzene rings is 1. The molecule has 1 rings (SSSR count). The molecule has 0 heterocycles. The van der Waals surface area contributed by atoms with Crippen molar-refractivity contribution in [3.8, 4) is 0 Å². The Morgan fingerprint density at radius 1 is 1.18 bits per heavy atom. The summed E-state index contributed by atoms with van der Waals surface area (Å²) in [6, 6.07) is 7.86. The molecular weight excluding hydrogens is 212 g/mol. The Kier molecular flexibility index (Phi) is 5.70. The number of hydrogen-bond acceptors (Lipinski definition) is 2. The summed E-state index contributed by atoms with van der Waals surface area (Å²) >= 11 is 0. The first-order valence-electron chi connectivity index (χ1n) is 6.20. The van der Waals surface area contributed by atoms with Gasteiger partial charge in [-0.05, 0) is 30.5 Å². The first kappa shape index (κ1) is 13.7. The second kappa shape index (κ2) is 7.07. The molecule has 0 unspecified atom stereocenters. The number of carbonyl (C=O) groups is 1. The average molecular weight is 234 g/mol. The predicted octanol–water partition coefficient (Wildman–Crippen LogP) is 2.63. The zero-order chi connectivity index (χ0) is 12.7. The van der Waals surface area contributed by atoms with Gasteiger partial charge in [-0.2, -0.15) is 0 Å². The second-order valence-corrected chi connectivity index (χ2v) is 4.49. The van der Waals surface area contributed by atoms with Crippen molar-refractivity contribution in [2.75, 3.05) is 14.1 Å². The smallest absolute Gasteiger partial charge is 0.265 e. The molecule has 0 bridgehead atoms. The van der Waals surface area contributed by atoms with E-state index in [9.17, 15) is 4.79 Å². The van der Waals surface area contributed by atoms with Gasteiger partial charge < -0.3 is 0 Å². The van der Waals surface area contributed by atoms with Gasteiger partial charge in [0, 0.05) is 19.7 Å². The molecule has 3 heteroatoms. The van der Waals surface area contributed by atoms with E-state index in [0.29, 0.717) is 5.56 Å². The molecule has 0 atom stereocenters. The van der Waals surface area contributed by atoms with Crippen molar-refractivity contribution in [1.29, 1.82) is 0 Å². The van der Waals surface area contributed by atoms with Crippen LogP contribution < -0.4 is 5.43 Å². The lowest BCUT2D eigenvalue weighted by molar-refractivity contribution is 0.0857. The molecule has 0 radical (unpaired) electrons. The van der Waals surface area contributed by atoms with E-state index in [-0.39, 0.29) is 5.91 Å². The van der Waals surface area contributed by atoms with E-state index in [2.05, 4.69) is 12.3 Å². The van der Waals surface area contributed by atoms with Gasteiger partial charge in [0.2, 0.25) is 0 Å². The molecule has 1 amide bonds. The fourth-order valence-corrected chi connectivity index (χ4v) is 1.67. The summed E-state index contributed by atoms with van der Waals surface area (Å²) in [5.41, 5.74) is 4.74. The lowest BCUT2D eigenvalue weighted by Crippen LogP contribution is -2.36. The molecule has 3 nitrogen and oxygen atoms in total. The maximum atomic E-state index is 11.7. The summed E-state index contributed by atoms with van der Waals surface area (Å²) in [5.74, 6) is -0.0601. The highest BCUT2D eigenvalue weighted by atomic mass is 16.2. The highest BCUT2D eigenvalue weighted by Crippen LogP contribution is 2.08. The molecule has 0 fully saturated rings. The van der Waals surface area contributed by atoms with Crippen LogP contribution in [0.2, 0.25) is 0 Å². The van der Waals surface area contributed by atoms with Crippen LogP contribution in [0.5, 0.6) is 0 Å². The van der Waals surface area contributed by atoms with Crippen molar-refractivity contribution in [2.45, 2.75) is 32.6 Å². The monoisotopic (exact) mass is 234 g/mol. The van der Waals surface area contributed by atoms with Gasteiger partial charge in [0.1, 0.15) is 0 Å². The third kappa shape index (κ3) is 5.00. The Bertz CT molecular complexity index is 344. The zero-order valence-corrected chi connectivity index (χ0v) is 11.0. The summed E-state index contributed by atoms with van der Waals surface area (Å²) in [4.78, 5) is 11.7. The minimum atomic E-state index is -0.0601. The molecular formula is C14H22N2O. The molecule has 0 spiro atoms. The third-order valence-corrected chi connectivity index (χ3v) is 2.61. The van der Waals surface area contributed by atoms with E-state index in [1.165, 1.54) is 24.8 Å². The van der Waals surface area contributed by atoms with E-state index in [0.717, 1.165) is 6.42 Å². The molecule has 0 aliphatic rings. The zero-order valence-electron chi connectivity index (χ0n) is 11.0. The van der Waals surface area contributed by atoms with Crippen LogP contribution in [0.15, 0.2) is 24.3 Å². The largest absolute Gasteiger partial charge is 0.285 e. The van der Waals surface area contributed by atoms with Crippen LogP contribution in [-0.2, 0) is 6.42 Å². The van der Waals surface area contributed by atoms with Gasteiger partial charge in [-0.3, -0.25) is 10.2 Å². The first-order valence-corrected chi connectivity index (χ1v) is 6.20. The molecule has 17 heavy (non-hydrogen) atoms. The fourth-order valence-electron chi connectivity index (χ4n) is 1.67. The normalized spacial score (nSPS) is 10.6. The molecule has 94 valence electrons. The van der Waals surface area contributed by atoms with Gasteiger partial charge in [0.05, 0.1) is 0 Å². The Labute approximate surface area is 104 Å². The topological polar surface area (TPSA) is 32.3 Å². The van der Waals surface area contributed by atoms with Crippen LogP contribution in [0, 0.1) is 0 Å². The number of rotatable bonds is 6. The summed E-state index contributed by atoms with van der Waals surface area (Å²) in [5, 5.41) is 1.65. The molecule has 0 saturated carbocycles. The van der Waals surface area contributed by atoms with Gasteiger partial charge in [0.15, 0.2) is 0 Å². The Hall–Kier alpha value is -1.35. The Morgan fingerprint density at radius 2 is 1.82 bits per heavy atom. The summed E-state index contributed by atoms with van der Waals surface area (Å²) in [6.07, 6.45) is 4.83. The molecule has 1 aromatic carbocycles. The number of nitrogens with zero attached hydrogens (tertiary/aromatic N) is 1. The third-order valence-electron chi connectivity index (χ3n) is 2.61. The highest BCUT2D eigenvalue weighted by Gasteiger charge is 2.05. The average Bonchev–Trinajstić information content (AvgIpc) is 2.29. The van der Waals surface area contributed by atoms with Crippen molar-refractivity contribution in [3.63, 3.8) is 0 Å². The first-order chi connectivity index (χ1) is 8.13. The van der Waals surface area contributed by atoms with Crippen molar-refractivity contribution in [1.82, 2.24) is 10.4 Å². The van der Waals surface area contributed by atoms with Crippen LogP contribution in [0.25, 0.3) is 0 Å². The number of hydrazine groups is 1. The van der Waals surface area contributed by atoms with Gasteiger partial charge in [-0.15, -0.1) is 0 Å². The summed E-state index contributed by atoms with van der Waals surface area (Å²) < 4.78 is 0. The van der Waals surface area contributed by atoms with E-state index in [4.69, 9.17) is 0 Å². The lowest BCUT2D eigenvalue weighted by atomic mass is 10.1. The van der Waals surface area contributed by atoms with Crippen LogP contribution >= 0.6 is 0 Å². The lowest BCUT2D eigenvalue weighted by Gasteiger charge is -2.11. The summed E-state index contributed by atoms with van der Waals surface area (Å²) in [6.45, 7) is 2.20. The standard InChI is InChI=1S/C14H22N2O/c1-4-5-6-7-12-8-10-13(11-9-12)14(17)15-16(2)3/h8-11H,4-7H2,1-3H3,(H,15,17). The minimum absolute atomic E-state index is 0.0601. The fraction of sp³-hybridized carbons (Fsp3) is 0.500. The Morgan fingerprint density at radius 3 is 2.35 bits per heavy atom. The van der Waals surface area contributed by atoms with E-state index >= 15 is 0 Å².